The van der Waals surface area contributed by atoms with Gasteiger partial charge in [0.25, 0.3) is 0 Å². The van der Waals surface area contributed by atoms with Crippen LogP contribution in [0.5, 0.6) is 0 Å². The lowest BCUT2D eigenvalue weighted by Gasteiger charge is -1.81. The molecule has 0 fully saturated rings. The van der Waals surface area contributed by atoms with Crippen molar-refractivity contribution in [1.82, 2.24) is 0 Å². The van der Waals surface area contributed by atoms with Crippen LogP contribution in [-0.4, -0.2) is 0 Å². The van der Waals surface area contributed by atoms with Gasteiger partial charge >= 0.3 is 0 Å². The van der Waals surface area contributed by atoms with Gasteiger partial charge in [0.2, 0.25) is 0 Å². The predicted octanol–water partition coefficient (Wildman–Crippen LogP) is 14.5. The van der Waals surface area contributed by atoms with Crippen LogP contribution in [0.1, 0.15) is 141 Å². The number of hydrogen-bond donors (Lipinski definition) is 0. The Kier molecular flexibility index (Phi) is 185. The highest BCUT2D eigenvalue weighted by Crippen LogP contribution is 1.88. The second-order valence-electron chi connectivity index (χ2n) is 7.78. The fourth-order valence-corrected chi connectivity index (χ4v) is 0.707. The molecule has 0 aromatic heterocycles. The highest BCUT2D eigenvalue weighted by atomic mass is 13.8. The molecule has 0 amide bonds. The molecule has 0 aliphatic carbocycles. The van der Waals surface area contributed by atoms with Crippen molar-refractivity contribution in [3.63, 3.8) is 0 Å². The summed E-state index contributed by atoms with van der Waals surface area (Å²) in [4.78, 5) is 0. The van der Waals surface area contributed by atoms with Crippen LogP contribution in [0.15, 0.2) is 0 Å². The minimum atomic E-state index is 0.958. The van der Waals surface area contributed by atoms with Gasteiger partial charge in [0, 0.05) is 0 Å². The van der Waals surface area contributed by atoms with Crippen LogP contribution >= 0.6 is 0 Å². The molecular weight excluding hydrogens is 480 g/mol. The third-order valence-corrected chi connectivity index (χ3v) is 3.25. The molecule has 0 aliphatic rings. The summed E-state index contributed by atoms with van der Waals surface area (Å²) < 4.78 is 0. The molecule has 0 bridgehead atoms. The van der Waals surface area contributed by atoms with Gasteiger partial charge in [-0.3, -0.25) is 0 Å². The van der Waals surface area contributed by atoms with E-state index in [0.29, 0.717) is 0 Å². The molecule has 0 aromatic rings. The SMILES string of the molecule is [CH2+]CCC[CH2-].[CH2+]CCC[CH2-].[CH2+]CCC[CH2-].[CH2+]CCC[CH2-].[CH2+]CC[CH2-].[CH2+]CC[CH2-].[CH2+]CC[CH2-].[CH2+]CC[CH2-].[CH2+]CC[CH2-]. The Bertz CT molecular complexity index is 131. The zero-order chi connectivity index (χ0) is 33.6. The second-order valence-corrected chi connectivity index (χ2v) is 7.78. The topological polar surface area (TPSA) is 0 Å². The highest BCUT2D eigenvalue weighted by Gasteiger charge is 1.71. The molecule has 0 aliphatic heterocycles. The van der Waals surface area contributed by atoms with Crippen molar-refractivity contribution in [2.24, 2.45) is 0 Å². The van der Waals surface area contributed by atoms with E-state index in [9.17, 15) is 0 Å². The number of hydrogen-bond acceptors (Lipinski definition) is 0. The molecule has 0 rings (SSSR count). The van der Waals surface area contributed by atoms with Crippen molar-refractivity contribution < 1.29 is 0 Å². The first-order valence-corrected chi connectivity index (χ1v) is 15.5. The Balaban J connectivity index is -0.0000000387. The summed E-state index contributed by atoms with van der Waals surface area (Å²) in [5, 5.41) is 0. The van der Waals surface area contributed by atoms with Crippen LogP contribution < -0.4 is 0 Å². The lowest BCUT2D eigenvalue weighted by Crippen LogP contribution is -1.60. The van der Waals surface area contributed by atoms with Crippen LogP contribution in [0, 0.1) is 125 Å². The number of unbranched alkanes of at least 4 members (excludes halogenated alkanes) is 13. The van der Waals surface area contributed by atoms with Crippen LogP contribution in [0.4, 0.5) is 0 Å². The fourth-order valence-electron chi connectivity index (χ4n) is 0.707. The molecule has 0 saturated heterocycles. The number of rotatable bonds is 13. The molecule has 240 valence electrons. The minimum Gasteiger partial charge on any atom is -0.343 e. The zero-order valence-electron chi connectivity index (χ0n) is 28.3. The molecule has 0 saturated carbocycles. The summed E-state index contributed by atoms with van der Waals surface area (Å²) in [6, 6.07) is 0. The maximum Gasteiger partial charge on any atom is 0.0826 e. The summed E-state index contributed by atoms with van der Waals surface area (Å²) >= 11 is 0. The summed E-state index contributed by atoms with van der Waals surface area (Å²) in [6.07, 6.45) is 22.5. The van der Waals surface area contributed by atoms with E-state index in [1.54, 1.807) is 0 Å². The van der Waals surface area contributed by atoms with E-state index in [1.807, 2.05) is 0 Å². The fraction of sp³-hybridized carbons (Fsp3) is 0.550. The molecule has 0 radical (unpaired) electrons. The van der Waals surface area contributed by atoms with Gasteiger partial charge in [0.15, 0.2) is 0 Å². The average Bonchev–Trinajstić information content (AvgIpc) is 3.00. The molecule has 40 heavy (non-hydrogen) atoms. The van der Waals surface area contributed by atoms with Gasteiger partial charge in [-0.2, -0.15) is 25.7 Å². The molecule has 0 N–H and O–H groups in total. The van der Waals surface area contributed by atoms with E-state index in [-0.39, 0.29) is 0 Å². The minimum absolute atomic E-state index is 0.958. The van der Waals surface area contributed by atoms with E-state index < -0.39 is 0 Å². The molecule has 0 atom stereocenters. The summed E-state index contributed by atoms with van der Waals surface area (Å²) in [5.74, 6) is 0. The molecule has 0 heterocycles. The van der Waals surface area contributed by atoms with Crippen LogP contribution in [0.25, 0.3) is 0 Å². The highest BCUT2D eigenvalue weighted by molar-refractivity contribution is 4.44. The van der Waals surface area contributed by atoms with Crippen molar-refractivity contribution in [2.75, 3.05) is 0 Å². The van der Waals surface area contributed by atoms with Gasteiger partial charge in [-0.15, -0.1) is 32.1 Å². The van der Waals surface area contributed by atoms with E-state index in [2.05, 4.69) is 125 Å². The van der Waals surface area contributed by atoms with Gasteiger partial charge in [0.05, 0.1) is 120 Å². The average molecular weight is 561 g/mol. The van der Waals surface area contributed by atoms with Gasteiger partial charge in [0.1, 0.15) is 0 Å². The maximum absolute atomic E-state index is 3.64. The monoisotopic (exact) mass is 561 g/mol. The van der Waals surface area contributed by atoms with Gasteiger partial charge in [-0.1, -0.05) is 0 Å². The zero-order valence-corrected chi connectivity index (χ0v) is 28.3. The molecular formula is C40H80. The van der Waals surface area contributed by atoms with Crippen molar-refractivity contribution in [3.8, 4) is 0 Å². The summed E-state index contributed by atoms with van der Waals surface area (Å²) in [6.45, 7) is 64.5. The lowest BCUT2D eigenvalue weighted by molar-refractivity contribution is 0.864. The molecule has 0 spiro atoms. The second kappa shape index (κ2) is 118. The Labute approximate surface area is 265 Å². The van der Waals surface area contributed by atoms with Crippen molar-refractivity contribution in [2.45, 2.75) is 141 Å². The Morgan fingerprint density at radius 3 is 0.300 bits per heavy atom. The molecule has 0 unspecified atom stereocenters. The molecule has 0 aromatic carbocycles. The smallest absolute Gasteiger partial charge is 0.0826 e. The lowest BCUT2D eigenvalue weighted by atomic mass is 10.3. The normalized spacial score (nSPS) is 7.72. The van der Waals surface area contributed by atoms with Crippen LogP contribution in [0.2, 0.25) is 0 Å². The van der Waals surface area contributed by atoms with E-state index in [1.165, 1.54) is 25.7 Å². The first-order chi connectivity index (χ1) is 19.2. The van der Waals surface area contributed by atoms with E-state index >= 15 is 0 Å². The summed E-state index contributed by atoms with van der Waals surface area (Å²) in [7, 11) is 0. The first-order valence-electron chi connectivity index (χ1n) is 15.5. The molecule has 0 nitrogen and oxygen atoms in total. The third kappa shape index (κ3) is 338. The van der Waals surface area contributed by atoms with Crippen molar-refractivity contribution >= 4 is 0 Å². The molecule has 0 heteroatoms. The standard InChI is InChI=1S/4C5H10.5C4H8/c4*1-3-5-4-2;5*1-3-4-2/h4*1-5H2;5*1-4H2. The Morgan fingerprint density at radius 2 is 0.300 bits per heavy atom. The van der Waals surface area contributed by atoms with Gasteiger partial charge < -0.3 is 62.3 Å². The predicted molar refractivity (Wildman–Crippen MR) is 198 cm³/mol. The van der Waals surface area contributed by atoms with Gasteiger partial charge in [-0.05, 0) is 25.7 Å². The van der Waals surface area contributed by atoms with Crippen LogP contribution in [0.3, 0.4) is 0 Å². The van der Waals surface area contributed by atoms with E-state index in [4.69, 9.17) is 0 Å². The Morgan fingerprint density at radius 1 is 0.200 bits per heavy atom. The summed E-state index contributed by atoms with van der Waals surface area (Å²) in [5.41, 5.74) is 0. The van der Waals surface area contributed by atoms with Crippen molar-refractivity contribution in [3.05, 3.63) is 125 Å². The maximum atomic E-state index is 3.64. The first kappa shape index (κ1) is 62.5. The van der Waals surface area contributed by atoms with Crippen LogP contribution in [-0.2, 0) is 0 Å². The Hall–Kier alpha value is -1.17. The third-order valence-electron chi connectivity index (χ3n) is 3.25. The largest absolute Gasteiger partial charge is 0.343 e. The van der Waals surface area contributed by atoms with Gasteiger partial charge in [-0.25, -0.2) is 0 Å². The van der Waals surface area contributed by atoms with E-state index in [0.717, 1.165) is 116 Å². The quantitative estimate of drug-likeness (QED) is 0.196. The van der Waals surface area contributed by atoms with Crippen molar-refractivity contribution in [1.29, 1.82) is 0 Å².